The predicted molar refractivity (Wildman–Crippen MR) is 61.7 cm³/mol. The molecular formula is C12H21N3. The molecule has 0 fully saturated rings. The molecular weight excluding hydrogens is 186 g/mol. The standard InChI is InChI=1S/C12H21N3/c1-5-12(11(2,3)4)8-7-14-15-9(8)6-10(12)13/h7,10H,5-6,13H2,1-4H3,(H,14,15)/t10-,12?/m1/s1. The number of hydrogen-bond acceptors (Lipinski definition) is 2. The van der Waals surface area contributed by atoms with Crippen molar-refractivity contribution in [2.24, 2.45) is 11.1 Å². The van der Waals surface area contributed by atoms with E-state index in [2.05, 4.69) is 37.9 Å². The van der Waals surface area contributed by atoms with E-state index < -0.39 is 0 Å². The summed E-state index contributed by atoms with van der Waals surface area (Å²) in [4.78, 5) is 0. The summed E-state index contributed by atoms with van der Waals surface area (Å²) in [5.41, 5.74) is 9.19. The quantitative estimate of drug-likeness (QED) is 0.740. The lowest BCUT2D eigenvalue weighted by Gasteiger charge is -2.45. The van der Waals surface area contributed by atoms with Crippen molar-refractivity contribution in [1.29, 1.82) is 0 Å². The summed E-state index contributed by atoms with van der Waals surface area (Å²) < 4.78 is 0. The van der Waals surface area contributed by atoms with Crippen molar-refractivity contribution < 1.29 is 0 Å². The SMILES string of the molecule is CCC1(C(C)(C)C)c2cn[nH]c2C[C@H]1N. The van der Waals surface area contributed by atoms with E-state index in [4.69, 9.17) is 5.73 Å². The number of nitrogens with one attached hydrogen (secondary N) is 1. The molecule has 3 nitrogen and oxygen atoms in total. The zero-order valence-electron chi connectivity index (χ0n) is 10.1. The van der Waals surface area contributed by atoms with E-state index in [9.17, 15) is 0 Å². The van der Waals surface area contributed by atoms with Gasteiger partial charge in [-0.1, -0.05) is 27.7 Å². The lowest BCUT2D eigenvalue weighted by molar-refractivity contribution is 0.151. The van der Waals surface area contributed by atoms with E-state index >= 15 is 0 Å². The molecule has 0 spiro atoms. The number of hydrogen-bond donors (Lipinski definition) is 2. The third kappa shape index (κ3) is 1.19. The molecule has 0 aliphatic heterocycles. The Morgan fingerprint density at radius 2 is 2.27 bits per heavy atom. The van der Waals surface area contributed by atoms with E-state index in [0.717, 1.165) is 12.8 Å². The average Bonchev–Trinajstić information content (AvgIpc) is 2.60. The number of fused-ring (bicyclic) bond motifs is 1. The fraction of sp³-hybridized carbons (Fsp3) is 0.750. The molecule has 1 aliphatic carbocycles. The van der Waals surface area contributed by atoms with Crippen LogP contribution in [0.25, 0.3) is 0 Å². The van der Waals surface area contributed by atoms with Gasteiger partial charge in [0.15, 0.2) is 0 Å². The summed E-state index contributed by atoms with van der Waals surface area (Å²) in [6.07, 6.45) is 3.97. The minimum absolute atomic E-state index is 0.0787. The molecule has 0 saturated heterocycles. The number of aromatic amines is 1. The Morgan fingerprint density at radius 1 is 1.60 bits per heavy atom. The van der Waals surface area contributed by atoms with Crippen LogP contribution in [0, 0.1) is 5.41 Å². The first-order valence-electron chi connectivity index (χ1n) is 5.71. The second-order valence-electron chi connectivity index (χ2n) is 5.65. The number of nitrogens with two attached hydrogens (primary N) is 1. The van der Waals surface area contributed by atoms with Gasteiger partial charge in [0.2, 0.25) is 0 Å². The molecule has 1 aliphatic rings. The van der Waals surface area contributed by atoms with Crippen molar-refractivity contribution in [3.63, 3.8) is 0 Å². The molecule has 1 aromatic heterocycles. The molecule has 0 amide bonds. The Labute approximate surface area is 91.4 Å². The Bertz CT molecular complexity index is 361. The summed E-state index contributed by atoms with van der Waals surface area (Å²) in [5.74, 6) is 0. The zero-order chi connectivity index (χ0) is 11.3. The highest BCUT2D eigenvalue weighted by atomic mass is 15.1. The molecule has 2 rings (SSSR count). The third-order valence-electron chi connectivity index (χ3n) is 4.15. The van der Waals surface area contributed by atoms with Crippen LogP contribution >= 0.6 is 0 Å². The van der Waals surface area contributed by atoms with Crippen LogP contribution in [0.2, 0.25) is 0 Å². The van der Waals surface area contributed by atoms with Gasteiger partial charge in [0.05, 0.1) is 6.20 Å². The second kappa shape index (κ2) is 3.08. The highest BCUT2D eigenvalue weighted by Crippen LogP contribution is 2.51. The number of nitrogens with zero attached hydrogens (tertiary/aromatic N) is 1. The largest absolute Gasteiger partial charge is 0.327 e. The highest BCUT2D eigenvalue weighted by molar-refractivity contribution is 5.39. The van der Waals surface area contributed by atoms with Crippen LogP contribution in [0.1, 0.15) is 45.4 Å². The van der Waals surface area contributed by atoms with Gasteiger partial charge in [-0.25, -0.2) is 0 Å². The topological polar surface area (TPSA) is 54.7 Å². The van der Waals surface area contributed by atoms with Crippen LogP contribution in [0.4, 0.5) is 0 Å². The van der Waals surface area contributed by atoms with Crippen LogP contribution in [0.5, 0.6) is 0 Å². The van der Waals surface area contributed by atoms with Gasteiger partial charge in [0, 0.05) is 29.1 Å². The first-order valence-corrected chi connectivity index (χ1v) is 5.71. The van der Waals surface area contributed by atoms with Crippen molar-refractivity contribution in [3.8, 4) is 0 Å². The van der Waals surface area contributed by atoms with Gasteiger partial charge >= 0.3 is 0 Å². The van der Waals surface area contributed by atoms with Gasteiger partial charge in [0.25, 0.3) is 0 Å². The Kier molecular flexibility index (Phi) is 2.19. The van der Waals surface area contributed by atoms with E-state index in [0.29, 0.717) is 0 Å². The van der Waals surface area contributed by atoms with Crippen molar-refractivity contribution in [2.75, 3.05) is 0 Å². The van der Waals surface area contributed by atoms with E-state index in [1.165, 1.54) is 11.3 Å². The van der Waals surface area contributed by atoms with Gasteiger partial charge < -0.3 is 5.73 Å². The van der Waals surface area contributed by atoms with Crippen LogP contribution in [-0.2, 0) is 11.8 Å². The molecule has 0 saturated carbocycles. The van der Waals surface area contributed by atoms with Crippen LogP contribution in [0.3, 0.4) is 0 Å². The highest BCUT2D eigenvalue weighted by Gasteiger charge is 2.52. The first-order chi connectivity index (χ1) is 6.93. The molecule has 0 radical (unpaired) electrons. The lowest BCUT2D eigenvalue weighted by Crippen LogP contribution is -2.51. The van der Waals surface area contributed by atoms with Gasteiger partial charge in [0.1, 0.15) is 0 Å². The van der Waals surface area contributed by atoms with Crippen LogP contribution in [-0.4, -0.2) is 16.2 Å². The number of aromatic nitrogens is 2. The molecule has 0 bridgehead atoms. The van der Waals surface area contributed by atoms with E-state index in [1.54, 1.807) is 0 Å². The smallest absolute Gasteiger partial charge is 0.0528 e. The minimum Gasteiger partial charge on any atom is -0.327 e. The first kappa shape index (κ1) is 10.7. The summed E-state index contributed by atoms with van der Waals surface area (Å²) in [6.45, 7) is 9.06. The Morgan fingerprint density at radius 3 is 2.80 bits per heavy atom. The fourth-order valence-corrected chi connectivity index (χ4v) is 3.39. The molecule has 1 aromatic rings. The van der Waals surface area contributed by atoms with E-state index in [-0.39, 0.29) is 16.9 Å². The van der Waals surface area contributed by atoms with Crippen LogP contribution in [0.15, 0.2) is 6.20 Å². The summed E-state index contributed by atoms with van der Waals surface area (Å²) in [7, 11) is 0. The molecule has 1 heterocycles. The molecule has 0 aromatic carbocycles. The van der Waals surface area contributed by atoms with Gasteiger partial charge in [-0.2, -0.15) is 5.10 Å². The van der Waals surface area contributed by atoms with E-state index in [1.807, 2.05) is 6.20 Å². The van der Waals surface area contributed by atoms with Gasteiger partial charge in [-0.05, 0) is 11.8 Å². The third-order valence-corrected chi connectivity index (χ3v) is 4.15. The van der Waals surface area contributed by atoms with Gasteiger partial charge in [-0.15, -0.1) is 0 Å². The second-order valence-corrected chi connectivity index (χ2v) is 5.65. The normalized spacial score (nSPS) is 30.6. The molecule has 2 atom stereocenters. The maximum Gasteiger partial charge on any atom is 0.0528 e. The maximum atomic E-state index is 6.36. The summed E-state index contributed by atoms with van der Waals surface area (Å²) >= 11 is 0. The lowest BCUT2D eigenvalue weighted by atomic mass is 9.60. The predicted octanol–water partition coefficient (Wildman–Crippen LogP) is 1.99. The molecule has 84 valence electrons. The van der Waals surface area contributed by atoms with Crippen molar-refractivity contribution >= 4 is 0 Å². The minimum atomic E-state index is 0.0787. The molecule has 3 heteroatoms. The Hall–Kier alpha value is -0.830. The number of rotatable bonds is 1. The number of H-pyrrole nitrogens is 1. The van der Waals surface area contributed by atoms with Gasteiger partial charge in [-0.3, -0.25) is 5.10 Å². The average molecular weight is 207 g/mol. The summed E-state index contributed by atoms with van der Waals surface area (Å²) in [5, 5.41) is 7.23. The maximum absolute atomic E-state index is 6.36. The molecule has 15 heavy (non-hydrogen) atoms. The van der Waals surface area contributed by atoms with Crippen molar-refractivity contribution in [1.82, 2.24) is 10.2 Å². The Balaban J connectivity index is 2.59. The van der Waals surface area contributed by atoms with Crippen molar-refractivity contribution in [3.05, 3.63) is 17.5 Å². The summed E-state index contributed by atoms with van der Waals surface area (Å²) in [6, 6.07) is 0.215. The van der Waals surface area contributed by atoms with Crippen molar-refractivity contribution in [2.45, 2.75) is 52.0 Å². The zero-order valence-corrected chi connectivity index (χ0v) is 10.1. The van der Waals surface area contributed by atoms with Crippen LogP contribution < -0.4 is 5.73 Å². The fourth-order valence-electron chi connectivity index (χ4n) is 3.39. The monoisotopic (exact) mass is 207 g/mol. The molecule has 1 unspecified atom stereocenters. The molecule has 3 N–H and O–H groups in total.